The summed E-state index contributed by atoms with van der Waals surface area (Å²) in [6.45, 7) is 12.7. The van der Waals surface area contributed by atoms with Crippen molar-refractivity contribution in [2.24, 2.45) is 33.5 Å². The highest BCUT2D eigenvalue weighted by Gasteiger charge is 2.89. The van der Waals surface area contributed by atoms with Crippen molar-refractivity contribution in [1.82, 2.24) is 0 Å². The molecule has 3 saturated carbocycles. The van der Waals surface area contributed by atoms with Crippen LogP contribution in [-0.2, 0) is 42.9 Å². The number of hydrogen-bond acceptors (Lipinski definition) is 10. The van der Waals surface area contributed by atoms with Gasteiger partial charge in [0.25, 0.3) is 0 Å². The minimum Gasteiger partial charge on any atom is -0.466 e. The lowest BCUT2D eigenvalue weighted by atomic mass is 9.34. The maximum atomic E-state index is 13.0. The van der Waals surface area contributed by atoms with Crippen molar-refractivity contribution in [1.29, 1.82) is 0 Å². The predicted octanol–water partition coefficient (Wildman–Crippen LogP) is 2.33. The average Bonchev–Trinajstić information content (AvgIpc) is 3.59. The van der Waals surface area contributed by atoms with Gasteiger partial charge in [0, 0.05) is 41.9 Å². The van der Waals surface area contributed by atoms with Crippen LogP contribution in [0.4, 0.5) is 0 Å². The number of esters is 4. The number of carbonyl (C=O) groups is 4. The van der Waals surface area contributed by atoms with Gasteiger partial charge in [-0.05, 0) is 31.1 Å². The Morgan fingerprint density at radius 3 is 2.13 bits per heavy atom. The maximum Gasteiger partial charge on any atom is 0.347 e. The molecule has 0 aromatic carbocycles. The number of rotatable bonds is 3. The van der Waals surface area contributed by atoms with Crippen LogP contribution in [0.25, 0.3) is 0 Å². The van der Waals surface area contributed by atoms with Gasteiger partial charge in [0.15, 0.2) is 6.10 Å². The molecule has 1 spiro atoms. The molecule has 10 heteroatoms. The minimum atomic E-state index is -1.16. The summed E-state index contributed by atoms with van der Waals surface area (Å²) in [5, 5.41) is 12.0. The van der Waals surface area contributed by atoms with Crippen LogP contribution in [0.2, 0.25) is 0 Å². The van der Waals surface area contributed by atoms with E-state index >= 15 is 0 Å². The van der Waals surface area contributed by atoms with E-state index in [0.717, 1.165) is 0 Å². The topological polar surface area (TPSA) is 138 Å². The molecular formula is C28H40O10. The molecule has 5 rings (SSSR count). The van der Waals surface area contributed by atoms with Gasteiger partial charge in [0.05, 0.1) is 13.2 Å². The molecule has 5 aliphatic rings. The quantitative estimate of drug-likeness (QED) is 0.325. The second kappa shape index (κ2) is 8.16. The first-order chi connectivity index (χ1) is 17.5. The molecule has 212 valence electrons. The van der Waals surface area contributed by atoms with Crippen LogP contribution < -0.4 is 0 Å². The van der Waals surface area contributed by atoms with Crippen LogP contribution in [0, 0.1) is 33.5 Å². The van der Waals surface area contributed by atoms with Crippen molar-refractivity contribution in [3.05, 3.63) is 0 Å². The number of methoxy groups -OCH3 is 1. The SMILES string of the molecule is COC(=O)[C@@H]1OC(=O)[C@H]2O[C@]23[C@]2(C)[C@H](O)C[C@H]4C(C)(C)[C@H](OC(C)=O)C[C@H](OC(C)=O)[C@]4(C)[C@H]2CC[C@@]13C. The first-order valence-electron chi connectivity index (χ1n) is 13.5. The highest BCUT2D eigenvalue weighted by atomic mass is 16.7. The fraction of sp³-hybridized carbons (Fsp3) is 0.857. The number of aliphatic hydroxyl groups excluding tert-OH is 1. The van der Waals surface area contributed by atoms with Gasteiger partial charge in [-0.1, -0.05) is 34.6 Å². The van der Waals surface area contributed by atoms with Gasteiger partial charge in [0.2, 0.25) is 6.10 Å². The molecule has 0 amide bonds. The Bertz CT molecular complexity index is 1090. The first kappa shape index (κ1) is 27.4. The molecule has 0 bridgehead atoms. The van der Waals surface area contributed by atoms with E-state index in [1.807, 2.05) is 27.7 Å². The smallest absolute Gasteiger partial charge is 0.347 e. The Morgan fingerprint density at radius 2 is 1.55 bits per heavy atom. The minimum absolute atomic E-state index is 0.185. The predicted molar refractivity (Wildman–Crippen MR) is 130 cm³/mol. The molecule has 1 N–H and O–H groups in total. The van der Waals surface area contributed by atoms with Gasteiger partial charge in [-0.15, -0.1) is 0 Å². The largest absolute Gasteiger partial charge is 0.466 e. The zero-order valence-electron chi connectivity index (χ0n) is 23.5. The van der Waals surface area contributed by atoms with Crippen LogP contribution in [0.5, 0.6) is 0 Å². The summed E-state index contributed by atoms with van der Waals surface area (Å²) in [7, 11) is 1.26. The van der Waals surface area contributed by atoms with Crippen LogP contribution in [-0.4, -0.2) is 72.2 Å². The van der Waals surface area contributed by atoms with Crippen molar-refractivity contribution in [2.45, 2.75) is 110 Å². The molecule has 0 aromatic rings. The third kappa shape index (κ3) is 3.07. The van der Waals surface area contributed by atoms with Gasteiger partial charge in [-0.25, -0.2) is 9.59 Å². The molecular weight excluding hydrogens is 496 g/mol. The van der Waals surface area contributed by atoms with E-state index in [-0.39, 0.29) is 11.8 Å². The monoisotopic (exact) mass is 536 g/mol. The number of cyclic esters (lactones) is 1. The molecule has 2 heterocycles. The van der Waals surface area contributed by atoms with Crippen LogP contribution in [0.1, 0.15) is 74.1 Å². The summed E-state index contributed by atoms with van der Waals surface area (Å²) < 4.78 is 28.6. The number of aliphatic hydroxyl groups is 1. The Morgan fingerprint density at radius 1 is 0.947 bits per heavy atom. The Labute approximate surface area is 223 Å². The van der Waals surface area contributed by atoms with Crippen molar-refractivity contribution >= 4 is 23.9 Å². The van der Waals surface area contributed by atoms with Gasteiger partial charge in [-0.2, -0.15) is 0 Å². The molecule has 5 fully saturated rings. The zero-order valence-corrected chi connectivity index (χ0v) is 23.5. The van der Waals surface area contributed by atoms with Gasteiger partial charge < -0.3 is 28.8 Å². The second-order valence-corrected chi connectivity index (χ2v) is 13.3. The maximum absolute atomic E-state index is 13.0. The molecule has 2 aliphatic heterocycles. The van der Waals surface area contributed by atoms with Gasteiger partial charge >= 0.3 is 23.9 Å². The number of epoxide rings is 1. The zero-order chi connectivity index (χ0) is 28.2. The van der Waals surface area contributed by atoms with Gasteiger partial charge in [0.1, 0.15) is 17.8 Å². The van der Waals surface area contributed by atoms with Crippen LogP contribution in [0.15, 0.2) is 0 Å². The molecule has 0 aromatic heterocycles. The second-order valence-electron chi connectivity index (χ2n) is 13.3. The molecule has 2 saturated heterocycles. The number of hydrogen-bond donors (Lipinski definition) is 1. The molecule has 11 atom stereocenters. The van der Waals surface area contributed by atoms with Crippen LogP contribution in [0.3, 0.4) is 0 Å². The van der Waals surface area contributed by atoms with Gasteiger partial charge in [-0.3, -0.25) is 9.59 Å². The van der Waals surface area contributed by atoms with E-state index in [1.54, 1.807) is 0 Å². The van der Waals surface area contributed by atoms with Crippen LogP contribution >= 0.6 is 0 Å². The third-order valence-corrected chi connectivity index (χ3v) is 11.5. The van der Waals surface area contributed by atoms with E-state index in [0.29, 0.717) is 25.7 Å². The third-order valence-electron chi connectivity index (χ3n) is 11.5. The molecule has 0 unspecified atom stereocenters. The summed E-state index contributed by atoms with van der Waals surface area (Å²) in [5.74, 6) is -2.55. The summed E-state index contributed by atoms with van der Waals surface area (Å²) in [6, 6.07) is 0. The van der Waals surface area contributed by atoms with Crippen molar-refractivity contribution < 1.29 is 48.0 Å². The van der Waals surface area contributed by atoms with Crippen molar-refractivity contribution in [2.75, 3.05) is 7.11 Å². The van der Waals surface area contributed by atoms with E-state index in [2.05, 4.69) is 6.92 Å². The Hall–Kier alpha value is -2.20. The van der Waals surface area contributed by atoms with Crippen molar-refractivity contribution in [3.63, 3.8) is 0 Å². The molecule has 10 nitrogen and oxygen atoms in total. The number of fused-ring (bicyclic) bond motifs is 3. The normalized spacial score (nSPS) is 50.1. The fourth-order valence-electron chi connectivity index (χ4n) is 9.77. The summed E-state index contributed by atoms with van der Waals surface area (Å²) in [5.41, 5.74) is -4.22. The Balaban J connectivity index is 1.66. The lowest BCUT2D eigenvalue weighted by molar-refractivity contribution is -0.295. The van der Waals surface area contributed by atoms with E-state index in [1.165, 1.54) is 21.0 Å². The highest BCUT2D eigenvalue weighted by Crippen LogP contribution is 2.78. The molecule has 3 aliphatic carbocycles. The highest BCUT2D eigenvalue weighted by molar-refractivity contribution is 5.88. The van der Waals surface area contributed by atoms with E-state index < -0.39 is 81.7 Å². The van der Waals surface area contributed by atoms with E-state index in [4.69, 9.17) is 23.7 Å². The molecule has 0 radical (unpaired) electrons. The fourth-order valence-corrected chi connectivity index (χ4v) is 9.77. The average molecular weight is 537 g/mol. The summed E-state index contributed by atoms with van der Waals surface area (Å²) >= 11 is 0. The number of ether oxygens (including phenoxy) is 5. The van der Waals surface area contributed by atoms with Crippen molar-refractivity contribution in [3.8, 4) is 0 Å². The Kier molecular flexibility index (Phi) is 5.88. The first-order valence-corrected chi connectivity index (χ1v) is 13.5. The lowest BCUT2D eigenvalue weighted by Gasteiger charge is -2.71. The standard InChI is InChI=1S/C28H40O10/c1-13(29)35-18-12-19(36-14(2)30)26(6)15-9-10-25(5)20(22(32)34-8)37-23(33)21-28(25,38-21)27(15,7)17(31)11-16(26)24(18,3)4/h15-21,31H,9-12H2,1-8H3/t15-,16+,17-,18-,19+,20+,21-,25+,26-,27+,28-/m1/s1. The summed E-state index contributed by atoms with van der Waals surface area (Å²) in [4.78, 5) is 50.3. The summed E-state index contributed by atoms with van der Waals surface area (Å²) in [6.07, 6.45) is -2.39. The van der Waals surface area contributed by atoms with E-state index in [9.17, 15) is 24.3 Å². The lowest BCUT2D eigenvalue weighted by Crippen LogP contribution is -2.76. The number of carbonyl (C=O) groups excluding carboxylic acids is 4. The molecule has 38 heavy (non-hydrogen) atoms.